The Labute approximate surface area is 167 Å². The molecule has 0 unspecified atom stereocenters. The number of carbonyl (C=O) groups is 2. The van der Waals surface area contributed by atoms with Crippen LogP contribution < -0.4 is 5.32 Å². The molecule has 3 heterocycles. The molecule has 2 saturated heterocycles. The smallest absolute Gasteiger partial charge is 0.246 e. The first-order valence-corrected chi connectivity index (χ1v) is 9.96. The van der Waals surface area contributed by atoms with Gasteiger partial charge >= 0.3 is 0 Å². The number of nitrogens with zero attached hydrogens (tertiary/aromatic N) is 1. The molecule has 0 aliphatic carbocycles. The summed E-state index contributed by atoms with van der Waals surface area (Å²) in [7, 11) is 0. The molecule has 3 aromatic rings. The van der Waals surface area contributed by atoms with Crippen molar-refractivity contribution in [2.45, 2.75) is 31.3 Å². The second-order valence-electron chi connectivity index (χ2n) is 7.49. The number of hydrogen-bond donors (Lipinski definition) is 2. The topological polar surface area (TPSA) is 65.2 Å². The van der Waals surface area contributed by atoms with Crippen LogP contribution in [0.25, 0.3) is 22.2 Å². The summed E-state index contributed by atoms with van der Waals surface area (Å²) in [5.41, 5.74) is 4.01. The van der Waals surface area contributed by atoms with Gasteiger partial charge in [0.1, 0.15) is 12.1 Å². The molecule has 6 heteroatoms. The number of halogens is 1. The highest BCUT2D eigenvalue weighted by Crippen LogP contribution is 2.33. The number of para-hydroxylation sites is 1. The van der Waals surface area contributed by atoms with Gasteiger partial charge in [0.25, 0.3) is 0 Å². The van der Waals surface area contributed by atoms with Gasteiger partial charge in [0, 0.05) is 34.6 Å². The first-order chi connectivity index (χ1) is 13.6. The van der Waals surface area contributed by atoms with Gasteiger partial charge in [0.05, 0.1) is 0 Å². The zero-order valence-corrected chi connectivity index (χ0v) is 16.0. The van der Waals surface area contributed by atoms with Crippen molar-refractivity contribution in [1.82, 2.24) is 15.2 Å². The SMILES string of the molecule is O=C1N[C@@H](Cc2c(-c3ccc(Cl)cc3)[nH]c3ccccc23)C(=O)N2CCC[C@@H]12. The molecule has 5 nitrogen and oxygen atoms in total. The van der Waals surface area contributed by atoms with Crippen LogP contribution in [-0.2, 0) is 16.0 Å². The van der Waals surface area contributed by atoms with Gasteiger partial charge in [0.2, 0.25) is 11.8 Å². The Morgan fingerprint density at radius 2 is 1.86 bits per heavy atom. The Morgan fingerprint density at radius 1 is 1.07 bits per heavy atom. The van der Waals surface area contributed by atoms with Gasteiger partial charge in [-0.2, -0.15) is 0 Å². The maximum Gasteiger partial charge on any atom is 0.246 e. The number of aromatic amines is 1. The fourth-order valence-electron chi connectivity index (χ4n) is 4.45. The van der Waals surface area contributed by atoms with Gasteiger partial charge in [0.15, 0.2) is 0 Å². The summed E-state index contributed by atoms with van der Waals surface area (Å²) < 4.78 is 0. The molecule has 2 aromatic carbocycles. The van der Waals surface area contributed by atoms with E-state index in [1.54, 1.807) is 4.90 Å². The molecular weight excluding hydrogens is 374 g/mol. The second-order valence-corrected chi connectivity index (χ2v) is 7.92. The lowest BCUT2D eigenvalue weighted by Gasteiger charge is -2.34. The lowest BCUT2D eigenvalue weighted by atomic mass is 9.96. The predicted octanol–water partition coefficient (Wildman–Crippen LogP) is 3.52. The zero-order valence-electron chi connectivity index (χ0n) is 15.2. The molecule has 28 heavy (non-hydrogen) atoms. The zero-order chi connectivity index (χ0) is 19.3. The van der Waals surface area contributed by atoms with Crippen molar-refractivity contribution in [2.24, 2.45) is 0 Å². The number of piperazine rings is 1. The van der Waals surface area contributed by atoms with E-state index in [0.717, 1.165) is 40.6 Å². The maximum atomic E-state index is 13.0. The molecule has 2 aliphatic heterocycles. The van der Waals surface area contributed by atoms with E-state index < -0.39 is 6.04 Å². The van der Waals surface area contributed by atoms with Gasteiger partial charge in [-0.3, -0.25) is 9.59 Å². The van der Waals surface area contributed by atoms with E-state index in [9.17, 15) is 9.59 Å². The molecule has 2 fully saturated rings. The van der Waals surface area contributed by atoms with Crippen LogP contribution in [0.3, 0.4) is 0 Å². The fourth-order valence-corrected chi connectivity index (χ4v) is 4.58. The number of hydrogen-bond acceptors (Lipinski definition) is 2. The lowest BCUT2D eigenvalue weighted by molar-refractivity contribution is -0.146. The van der Waals surface area contributed by atoms with Crippen molar-refractivity contribution < 1.29 is 9.59 Å². The molecule has 2 amide bonds. The van der Waals surface area contributed by atoms with E-state index in [2.05, 4.69) is 10.3 Å². The largest absolute Gasteiger partial charge is 0.354 e. The summed E-state index contributed by atoms with van der Waals surface area (Å²) >= 11 is 6.05. The number of aromatic nitrogens is 1. The normalized spacial score (nSPS) is 21.8. The average molecular weight is 394 g/mol. The number of amides is 2. The quantitative estimate of drug-likeness (QED) is 0.715. The Bertz CT molecular complexity index is 1070. The molecule has 0 radical (unpaired) electrons. The van der Waals surface area contributed by atoms with Crippen molar-refractivity contribution in [2.75, 3.05) is 6.54 Å². The highest BCUT2D eigenvalue weighted by molar-refractivity contribution is 6.30. The first-order valence-electron chi connectivity index (χ1n) is 9.58. The van der Waals surface area contributed by atoms with Gasteiger partial charge in [-0.25, -0.2) is 0 Å². The molecule has 0 saturated carbocycles. The highest BCUT2D eigenvalue weighted by Gasteiger charge is 2.43. The molecule has 2 aliphatic rings. The molecular formula is C22H20ClN3O2. The van der Waals surface area contributed by atoms with E-state index in [-0.39, 0.29) is 17.9 Å². The van der Waals surface area contributed by atoms with Gasteiger partial charge in [-0.1, -0.05) is 41.9 Å². The Balaban J connectivity index is 1.56. The van der Waals surface area contributed by atoms with E-state index in [1.165, 1.54) is 0 Å². The van der Waals surface area contributed by atoms with Gasteiger partial charge in [-0.15, -0.1) is 0 Å². The molecule has 2 N–H and O–H groups in total. The number of benzene rings is 2. The van der Waals surface area contributed by atoms with E-state index in [4.69, 9.17) is 11.6 Å². The summed E-state index contributed by atoms with van der Waals surface area (Å²) in [6.45, 7) is 0.672. The summed E-state index contributed by atoms with van der Waals surface area (Å²) in [6.07, 6.45) is 2.10. The van der Waals surface area contributed by atoms with Crippen LogP contribution in [0.2, 0.25) is 5.02 Å². The Hall–Kier alpha value is -2.79. The van der Waals surface area contributed by atoms with Gasteiger partial charge < -0.3 is 15.2 Å². The molecule has 5 rings (SSSR count). The first kappa shape index (κ1) is 17.3. The monoisotopic (exact) mass is 393 g/mol. The van der Waals surface area contributed by atoms with Crippen molar-refractivity contribution in [3.05, 3.63) is 59.1 Å². The standard InChI is InChI=1S/C22H20ClN3O2/c23-14-9-7-13(8-10-14)20-16(15-4-1-2-5-17(15)24-20)12-18-22(28)26-11-3-6-19(26)21(27)25-18/h1-2,4-5,7-10,18-19,24H,3,6,11-12H2,(H,25,27)/t18-,19-/m0/s1. The minimum absolute atomic E-state index is 0.0226. The Morgan fingerprint density at radius 3 is 2.68 bits per heavy atom. The van der Waals surface area contributed by atoms with E-state index in [1.807, 2.05) is 48.5 Å². The molecule has 2 atom stereocenters. The number of nitrogens with one attached hydrogen (secondary N) is 2. The van der Waals surface area contributed by atoms with E-state index >= 15 is 0 Å². The van der Waals surface area contributed by atoms with Crippen LogP contribution in [0.1, 0.15) is 18.4 Å². The molecule has 1 aromatic heterocycles. The number of rotatable bonds is 3. The summed E-state index contributed by atoms with van der Waals surface area (Å²) in [5.74, 6) is -0.00979. The van der Waals surface area contributed by atoms with Crippen LogP contribution in [0.15, 0.2) is 48.5 Å². The highest BCUT2D eigenvalue weighted by atomic mass is 35.5. The molecule has 0 bridgehead atoms. The number of fused-ring (bicyclic) bond motifs is 2. The maximum absolute atomic E-state index is 13.0. The summed E-state index contributed by atoms with van der Waals surface area (Å²) in [4.78, 5) is 30.7. The number of carbonyl (C=O) groups excluding carboxylic acids is 2. The van der Waals surface area contributed by atoms with E-state index in [0.29, 0.717) is 18.0 Å². The minimum Gasteiger partial charge on any atom is -0.354 e. The third kappa shape index (κ3) is 2.78. The van der Waals surface area contributed by atoms with Crippen LogP contribution in [0.4, 0.5) is 0 Å². The molecule has 0 spiro atoms. The van der Waals surface area contributed by atoms with Crippen LogP contribution in [-0.4, -0.2) is 40.3 Å². The molecule has 142 valence electrons. The lowest BCUT2D eigenvalue weighted by Crippen LogP contribution is -2.61. The second kappa shape index (κ2) is 6.67. The van der Waals surface area contributed by atoms with Crippen LogP contribution in [0.5, 0.6) is 0 Å². The van der Waals surface area contributed by atoms with Crippen LogP contribution in [0, 0.1) is 0 Å². The number of H-pyrrole nitrogens is 1. The third-order valence-corrected chi connectivity index (χ3v) is 6.06. The van der Waals surface area contributed by atoms with Crippen LogP contribution >= 0.6 is 11.6 Å². The van der Waals surface area contributed by atoms with Crippen molar-refractivity contribution in [3.63, 3.8) is 0 Å². The minimum atomic E-state index is -0.535. The summed E-state index contributed by atoms with van der Waals surface area (Å²) in [6, 6.07) is 14.9. The summed E-state index contributed by atoms with van der Waals surface area (Å²) in [5, 5.41) is 4.71. The average Bonchev–Trinajstić information content (AvgIpc) is 3.33. The predicted molar refractivity (Wildman–Crippen MR) is 109 cm³/mol. The Kier molecular flexibility index (Phi) is 4.13. The van der Waals surface area contributed by atoms with Crippen molar-refractivity contribution >= 4 is 34.3 Å². The third-order valence-electron chi connectivity index (χ3n) is 5.81. The van der Waals surface area contributed by atoms with Crippen molar-refractivity contribution in [3.8, 4) is 11.3 Å². The fraction of sp³-hybridized carbons (Fsp3) is 0.273. The van der Waals surface area contributed by atoms with Crippen molar-refractivity contribution in [1.29, 1.82) is 0 Å². The van der Waals surface area contributed by atoms with Gasteiger partial charge in [-0.05, 0) is 42.2 Å².